The predicted molar refractivity (Wildman–Crippen MR) is 232 cm³/mol. The summed E-state index contributed by atoms with van der Waals surface area (Å²) in [5.74, 6) is -2.21. The molecule has 0 spiro atoms. The zero-order chi connectivity index (χ0) is 41.4. The number of carbonyl (C=O) groups is 5. The Morgan fingerprint density at radius 3 is 1.60 bits per heavy atom. The van der Waals surface area contributed by atoms with E-state index >= 15 is 0 Å². The molecule has 0 bridgehead atoms. The first-order valence-corrected chi connectivity index (χ1v) is 19.5. The second-order valence-corrected chi connectivity index (χ2v) is 14.2. The van der Waals surface area contributed by atoms with Gasteiger partial charge in [0, 0.05) is 101 Å². The van der Waals surface area contributed by atoms with Crippen LogP contribution in [0.15, 0.2) is 54.7 Å². The lowest BCUT2D eigenvalue weighted by Gasteiger charge is -2.23. The van der Waals surface area contributed by atoms with Crippen molar-refractivity contribution in [1.82, 2.24) is 39.2 Å². The van der Waals surface area contributed by atoms with Crippen molar-refractivity contribution in [3.05, 3.63) is 83.1 Å². The predicted octanol–water partition coefficient (Wildman–Crippen LogP) is 3.46. The first kappa shape index (κ1) is 44.9. The number of halogens is 3. The number of amides is 5. The van der Waals surface area contributed by atoms with E-state index in [2.05, 4.69) is 78.6 Å². The summed E-state index contributed by atoms with van der Waals surface area (Å²) in [4.78, 5) is 67.3. The lowest BCUT2D eigenvalue weighted by molar-refractivity contribution is 0.0942. The number of hydrogen-bond donors (Lipinski definition) is 7. The number of alkyl halides is 2. The van der Waals surface area contributed by atoms with Gasteiger partial charge in [-0.05, 0) is 30.3 Å². The second kappa shape index (κ2) is 20.1. The molecule has 5 aromatic rings. The monoisotopic (exact) mass is 989 g/mol. The largest absolute Gasteiger partial charge is 0.388 e. The highest BCUT2D eigenvalue weighted by Gasteiger charge is 2.22. The number of carbonyl (C=O) groups excluding carboxylic acids is 5. The van der Waals surface area contributed by atoms with Crippen LogP contribution in [0.25, 0.3) is 0 Å². The molecule has 1 aromatic carbocycles. The van der Waals surface area contributed by atoms with Gasteiger partial charge in [0.1, 0.15) is 22.8 Å². The van der Waals surface area contributed by atoms with Crippen molar-refractivity contribution in [1.29, 1.82) is 5.41 Å². The van der Waals surface area contributed by atoms with Crippen molar-refractivity contribution in [2.45, 2.75) is 6.42 Å². The number of benzene rings is 1. The highest BCUT2D eigenvalue weighted by Crippen LogP contribution is 2.20. The van der Waals surface area contributed by atoms with Crippen molar-refractivity contribution in [2.75, 3.05) is 56.5 Å². The molecule has 5 rings (SSSR count). The van der Waals surface area contributed by atoms with E-state index < -0.39 is 23.6 Å². The Morgan fingerprint density at radius 1 is 0.672 bits per heavy atom. The maximum atomic E-state index is 13.3. The SMILES string of the molecule is Br.Cn1cc(NC(=O)c2cc(NC(=O)c3ccc(N(CCBr)CCBr)cc3)nn2C)cc1C(=O)Nc1cc(C(=O)Nc2cc(C(=O)NCCC(=N)N)n(C)n2)n(C)n1. The Bertz CT molecular complexity index is 2310. The van der Waals surface area contributed by atoms with Crippen LogP contribution in [0.5, 0.6) is 0 Å². The lowest BCUT2D eigenvalue weighted by atomic mass is 10.2. The van der Waals surface area contributed by atoms with Gasteiger partial charge < -0.3 is 41.8 Å². The number of nitrogens with zero attached hydrogens (tertiary/aromatic N) is 8. The van der Waals surface area contributed by atoms with E-state index in [1.165, 1.54) is 49.9 Å². The molecule has 4 heterocycles. The van der Waals surface area contributed by atoms with E-state index in [-0.39, 0.29) is 81.9 Å². The number of hydrogen-bond acceptors (Lipinski definition) is 10. The van der Waals surface area contributed by atoms with Crippen molar-refractivity contribution in [3.63, 3.8) is 0 Å². The average molecular weight is 993 g/mol. The summed E-state index contributed by atoms with van der Waals surface area (Å²) < 4.78 is 5.41. The summed E-state index contributed by atoms with van der Waals surface area (Å²) in [5.41, 5.74) is 7.66. The van der Waals surface area contributed by atoms with Gasteiger partial charge in [-0.25, -0.2) is 0 Å². The van der Waals surface area contributed by atoms with E-state index in [0.29, 0.717) is 11.3 Å². The Labute approximate surface area is 359 Å². The molecule has 0 aliphatic heterocycles. The third-order valence-electron chi connectivity index (χ3n) is 8.44. The van der Waals surface area contributed by atoms with Crippen molar-refractivity contribution in [2.24, 2.45) is 33.9 Å². The Morgan fingerprint density at radius 2 is 1.12 bits per heavy atom. The molecule has 0 atom stereocenters. The van der Waals surface area contributed by atoms with E-state index in [9.17, 15) is 24.0 Å². The van der Waals surface area contributed by atoms with Crippen LogP contribution in [-0.4, -0.2) is 99.6 Å². The average Bonchev–Trinajstić information content (AvgIpc) is 3.92. The lowest BCUT2D eigenvalue weighted by Crippen LogP contribution is -2.29. The van der Waals surface area contributed by atoms with Gasteiger partial charge in [0.2, 0.25) is 0 Å². The molecule has 58 heavy (non-hydrogen) atoms. The standard InChI is InChI=1S/C35H41Br2N15O5.BrH/c1-48-19-21(41-34(56)25-17-28(45-50(25)3)42-31(53)20-5-7-22(8-6-20)52(13-10-36)14-11-37)15-23(48)33(55)43-30-18-26(51(4)47-30)35(57)44-29-16-24(49(2)46-29)32(54)40-12-9-27(38)39;/h5-8,15-19H,9-14H2,1-4H3,(H3,38,39)(H,40,54)(H,41,56)(H,42,45,53)(H,43,47,55)(H,44,46,57);1H. The Kier molecular flexibility index (Phi) is 15.5. The number of rotatable bonds is 17. The first-order valence-electron chi connectivity index (χ1n) is 17.3. The fraction of sp³-hybridized carbons (Fsp3) is 0.286. The van der Waals surface area contributed by atoms with Gasteiger partial charge in [-0.3, -0.25) is 43.4 Å². The van der Waals surface area contributed by atoms with Crippen LogP contribution in [0.3, 0.4) is 0 Å². The summed E-state index contributed by atoms with van der Waals surface area (Å²) in [5, 5.41) is 34.9. The number of amidine groups is 1. The van der Waals surface area contributed by atoms with Crippen LogP contribution in [0, 0.1) is 5.41 Å². The molecular formula is C35H42Br3N15O5. The molecule has 0 radical (unpaired) electrons. The third-order valence-corrected chi connectivity index (χ3v) is 9.15. The summed E-state index contributed by atoms with van der Waals surface area (Å²) in [6.45, 7) is 1.80. The van der Waals surface area contributed by atoms with Gasteiger partial charge in [0.25, 0.3) is 29.5 Å². The molecule has 8 N–H and O–H groups in total. The minimum atomic E-state index is -0.596. The fourth-order valence-electron chi connectivity index (χ4n) is 5.62. The molecule has 5 amide bonds. The number of nitrogens with one attached hydrogen (secondary N) is 6. The second-order valence-electron chi connectivity index (χ2n) is 12.6. The van der Waals surface area contributed by atoms with Crippen LogP contribution in [-0.2, 0) is 28.2 Å². The molecule has 20 nitrogen and oxygen atoms in total. The maximum absolute atomic E-state index is 13.3. The summed E-state index contributed by atoms with van der Waals surface area (Å²) in [7, 11) is 6.25. The smallest absolute Gasteiger partial charge is 0.275 e. The molecule has 308 valence electrons. The number of nitrogens with two attached hydrogens (primary N) is 1. The summed E-state index contributed by atoms with van der Waals surface area (Å²) >= 11 is 6.94. The molecule has 0 fully saturated rings. The van der Waals surface area contributed by atoms with Crippen molar-refractivity contribution >= 4 is 113 Å². The minimum Gasteiger partial charge on any atom is -0.388 e. The minimum absolute atomic E-state index is 0. The van der Waals surface area contributed by atoms with E-state index in [1.807, 2.05) is 12.1 Å². The van der Waals surface area contributed by atoms with Crippen LogP contribution in [0.1, 0.15) is 58.7 Å². The highest BCUT2D eigenvalue weighted by atomic mass is 79.9. The van der Waals surface area contributed by atoms with Gasteiger partial charge >= 0.3 is 0 Å². The van der Waals surface area contributed by atoms with Crippen LogP contribution < -0.4 is 37.2 Å². The topological polar surface area (TPSA) is 257 Å². The molecule has 23 heteroatoms. The number of aromatic nitrogens is 7. The summed E-state index contributed by atoms with van der Waals surface area (Å²) in [6, 6.07) is 12.9. The molecule has 0 saturated carbocycles. The van der Waals surface area contributed by atoms with E-state index in [4.69, 9.17) is 11.1 Å². The van der Waals surface area contributed by atoms with Crippen LogP contribution >= 0.6 is 48.8 Å². The zero-order valence-electron chi connectivity index (χ0n) is 31.8. The fourth-order valence-corrected chi connectivity index (χ4v) is 6.48. The molecule has 0 unspecified atom stereocenters. The first-order chi connectivity index (χ1) is 27.2. The highest BCUT2D eigenvalue weighted by molar-refractivity contribution is 9.09. The van der Waals surface area contributed by atoms with Gasteiger partial charge in [0.15, 0.2) is 17.5 Å². The van der Waals surface area contributed by atoms with Crippen molar-refractivity contribution < 1.29 is 24.0 Å². The third kappa shape index (κ3) is 11.2. The van der Waals surface area contributed by atoms with Gasteiger partial charge in [-0.15, -0.1) is 17.0 Å². The molecule has 0 aliphatic carbocycles. The number of anilines is 5. The van der Waals surface area contributed by atoms with Gasteiger partial charge in [-0.2, -0.15) is 15.3 Å². The van der Waals surface area contributed by atoms with Crippen LogP contribution in [0.2, 0.25) is 0 Å². The number of aryl methyl sites for hydroxylation is 4. The van der Waals surface area contributed by atoms with E-state index in [0.717, 1.165) is 29.4 Å². The van der Waals surface area contributed by atoms with Gasteiger partial charge in [0.05, 0.1) is 11.5 Å². The molecular weight excluding hydrogens is 950 g/mol. The maximum Gasteiger partial charge on any atom is 0.275 e. The summed E-state index contributed by atoms with van der Waals surface area (Å²) in [6.07, 6.45) is 1.74. The Hall–Kier alpha value is -5.81. The molecule has 0 aliphatic rings. The molecule has 0 saturated heterocycles. The van der Waals surface area contributed by atoms with Crippen LogP contribution in [0.4, 0.5) is 28.8 Å². The van der Waals surface area contributed by atoms with Crippen molar-refractivity contribution in [3.8, 4) is 0 Å². The normalized spacial score (nSPS) is 10.7. The zero-order valence-corrected chi connectivity index (χ0v) is 36.7. The van der Waals surface area contributed by atoms with Gasteiger partial charge in [-0.1, -0.05) is 31.9 Å². The Balaban J connectivity index is 0.00000744. The molecule has 4 aromatic heterocycles. The van der Waals surface area contributed by atoms with E-state index in [1.54, 1.807) is 39.5 Å². The quantitative estimate of drug-likeness (QED) is 0.0406.